The molecule has 0 saturated carbocycles. The Morgan fingerprint density at radius 3 is 2.80 bits per heavy atom. The van der Waals surface area contributed by atoms with Crippen molar-refractivity contribution >= 4 is 23.4 Å². The topological polar surface area (TPSA) is 26.0 Å². The third kappa shape index (κ3) is 3.71. The monoisotopic (exact) mass is 243 g/mol. The van der Waals surface area contributed by atoms with Gasteiger partial charge in [0.05, 0.1) is 5.02 Å². The van der Waals surface area contributed by atoms with Crippen LogP contribution >= 0.6 is 23.4 Å². The molecule has 3 heteroatoms. The zero-order valence-corrected chi connectivity index (χ0v) is 10.9. The first-order chi connectivity index (χ1) is 7.19. The van der Waals surface area contributed by atoms with Gasteiger partial charge in [-0.05, 0) is 31.0 Å². The predicted octanol–water partition coefficient (Wildman–Crippen LogP) is 3.73. The summed E-state index contributed by atoms with van der Waals surface area (Å²) in [6.45, 7) is 5.09. The van der Waals surface area contributed by atoms with Gasteiger partial charge in [0.15, 0.2) is 0 Å². The van der Waals surface area contributed by atoms with Gasteiger partial charge in [-0.1, -0.05) is 37.6 Å². The molecule has 0 heterocycles. The van der Waals surface area contributed by atoms with Crippen molar-refractivity contribution in [1.29, 1.82) is 0 Å². The molecular weight excluding hydrogens is 226 g/mol. The van der Waals surface area contributed by atoms with Gasteiger partial charge in [-0.15, -0.1) is 11.8 Å². The Kier molecular flexibility index (Phi) is 5.51. The van der Waals surface area contributed by atoms with Gasteiger partial charge in [0.2, 0.25) is 0 Å². The first-order valence-electron chi connectivity index (χ1n) is 5.33. The van der Waals surface area contributed by atoms with Crippen LogP contribution in [0.4, 0.5) is 0 Å². The van der Waals surface area contributed by atoms with Crippen LogP contribution in [0.15, 0.2) is 23.1 Å². The molecule has 1 rings (SSSR count). The Hall–Kier alpha value is -0.180. The summed E-state index contributed by atoms with van der Waals surface area (Å²) < 4.78 is 0. The lowest BCUT2D eigenvalue weighted by Crippen LogP contribution is -2.05. The average Bonchev–Trinajstić information content (AvgIpc) is 2.23. The van der Waals surface area contributed by atoms with Gasteiger partial charge in [0.25, 0.3) is 0 Å². The summed E-state index contributed by atoms with van der Waals surface area (Å²) in [5.74, 6) is 0. The summed E-state index contributed by atoms with van der Waals surface area (Å²) in [6, 6.07) is 6.06. The van der Waals surface area contributed by atoms with Crippen LogP contribution in [0.2, 0.25) is 5.02 Å². The van der Waals surface area contributed by atoms with Crippen molar-refractivity contribution in [1.82, 2.24) is 0 Å². The summed E-state index contributed by atoms with van der Waals surface area (Å²) in [5.41, 5.74) is 6.86. The zero-order chi connectivity index (χ0) is 11.3. The van der Waals surface area contributed by atoms with Crippen LogP contribution in [0, 0.1) is 0 Å². The summed E-state index contributed by atoms with van der Waals surface area (Å²) in [7, 11) is 0. The van der Waals surface area contributed by atoms with Crippen molar-refractivity contribution in [2.75, 3.05) is 6.54 Å². The summed E-state index contributed by atoms with van der Waals surface area (Å²) in [6.07, 6.45) is 2.05. The highest BCUT2D eigenvalue weighted by Gasteiger charge is 2.10. The van der Waals surface area contributed by atoms with E-state index in [4.69, 9.17) is 17.3 Å². The molecule has 0 aliphatic rings. The molecule has 0 radical (unpaired) electrons. The first kappa shape index (κ1) is 12.9. The fourth-order valence-corrected chi connectivity index (χ4v) is 2.72. The Morgan fingerprint density at radius 1 is 1.47 bits per heavy atom. The molecule has 0 aliphatic heterocycles. The molecule has 15 heavy (non-hydrogen) atoms. The number of rotatable bonds is 5. The minimum absolute atomic E-state index is 0.599. The zero-order valence-electron chi connectivity index (χ0n) is 9.29. The normalized spacial score (nSPS) is 12.8. The predicted molar refractivity (Wildman–Crippen MR) is 69.8 cm³/mol. The average molecular weight is 244 g/mol. The second kappa shape index (κ2) is 6.41. The van der Waals surface area contributed by atoms with Crippen molar-refractivity contribution < 1.29 is 0 Å². The van der Waals surface area contributed by atoms with Crippen molar-refractivity contribution in [3.8, 4) is 0 Å². The standard InChI is InChI=1S/C12H18ClNS/c1-3-9(2)15-12-10(7-8-14)5-4-6-11(12)13/h4-6,9H,3,7-8,14H2,1-2H3. The molecular formula is C12H18ClNS. The van der Waals surface area contributed by atoms with Crippen molar-refractivity contribution in [3.05, 3.63) is 28.8 Å². The smallest absolute Gasteiger partial charge is 0.0544 e. The number of halogens is 1. The minimum Gasteiger partial charge on any atom is -0.330 e. The highest BCUT2D eigenvalue weighted by molar-refractivity contribution is 8.00. The molecule has 1 unspecified atom stereocenters. The van der Waals surface area contributed by atoms with E-state index in [2.05, 4.69) is 19.9 Å². The minimum atomic E-state index is 0.599. The molecule has 0 aliphatic carbocycles. The molecule has 0 saturated heterocycles. The first-order valence-corrected chi connectivity index (χ1v) is 6.58. The quantitative estimate of drug-likeness (QED) is 0.798. The van der Waals surface area contributed by atoms with Gasteiger partial charge < -0.3 is 5.73 Å². The van der Waals surface area contributed by atoms with Gasteiger partial charge in [-0.25, -0.2) is 0 Å². The number of thioether (sulfide) groups is 1. The molecule has 2 N–H and O–H groups in total. The Balaban J connectivity index is 2.91. The van der Waals surface area contributed by atoms with Crippen LogP contribution in [0.25, 0.3) is 0 Å². The number of nitrogens with two attached hydrogens (primary N) is 1. The van der Waals surface area contributed by atoms with Crippen LogP contribution in [0.5, 0.6) is 0 Å². The lowest BCUT2D eigenvalue weighted by Gasteiger charge is -2.14. The van der Waals surface area contributed by atoms with E-state index in [1.165, 1.54) is 10.5 Å². The summed E-state index contributed by atoms with van der Waals surface area (Å²) in [5, 5.41) is 1.45. The third-order valence-corrected chi connectivity index (χ3v) is 4.24. The molecule has 0 bridgehead atoms. The SMILES string of the molecule is CCC(C)Sc1c(Cl)cccc1CCN. The molecule has 0 fully saturated rings. The van der Waals surface area contributed by atoms with E-state index in [0.29, 0.717) is 11.8 Å². The Labute approximate surface area is 101 Å². The lowest BCUT2D eigenvalue weighted by molar-refractivity contribution is 0.899. The highest BCUT2D eigenvalue weighted by Crippen LogP contribution is 2.34. The fourth-order valence-electron chi connectivity index (χ4n) is 1.32. The van der Waals surface area contributed by atoms with Gasteiger partial charge in [0.1, 0.15) is 0 Å². The van der Waals surface area contributed by atoms with Crippen LogP contribution in [-0.2, 0) is 6.42 Å². The summed E-state index contributed by atoms with van der Waals surface area (Å²) in [4.78, 5) is 1.21. The van der Waals surface area contributed by atoms with E-state index in [-0.39, 0.29) is 0 Å². The van der Waals surface area contributed by atoms with Crippen molar-refractivity contribution in [2.24, 2.45) is 5.73 Å². The number of benzene rings is 1. The van der Waals surface area contributed by atoms with E-state index < -0.39 is 0 Å². The number of hydrogen-bond donors (Lipinski definition) is 1. The molecule has 1 atom stereocenters. The Morgan fingerprint density at radius 2 is 2.20 bits per heavy atom. The molecule has 0 aromatic heterocycles. The maximum Gasteiger partial charge on any atom is 0.0544 e. The number of hydrogen-bond acceptors (Lipinski definition) is 2. The largest absolute Gasteiger partial charge is 0.330 e. The van der Waals surface area contributed by atoms with E-state index in [9.17, 15) is 0 Å². The third-order valence-electron chi connectivity index (χ3n) is 2.36. The van der Waals surface area contributed by atoms with E-state index in [1.54, 1.807) is 0 Å². The van der Waals surface area contributed by atoms with Crippen LogP contribution in [0.1, 0.15) is 25.8 Å². The van der Waals surface area contributed by atoms with Gasteiger partial charge in [-0.2, -0.15) is 0 Å². The maximum atomic E-state index is 6.20. The van der Waals surface area contributed by atoms with E-state index >= 15 is 0 Å². The van der Waals surface area contributed by atoms with Crippen LogP contribution in [-0.4, -0.2) is 11.8 Å². The molecule has 1 aromatic carbocycles. The summed E-state index contributed by atoms with van der Waals surface area (Å²) >= 11 is 8.05. The fraction of sp³-hybridized carbons (Fsp3) is 0.500. The highest BCUT2D eigenvalue weighted by atomic mass is 35.5. The molecule has 84 valence electrons. The molecule has 0 spiro atoms. The maximum absolute atomic E-state index is 6.20. The van der Waals surface area contributed by atoms with Gasteiger partial charge >= 0.3 is 0 Å². The van der Waals surface area contributed by atoms with Gasteiger partial charge in [-0.3, -0.25) is 0 Å². The van der Waals surface area contributed by atoms with E-state index in [0.717, 1.165) is 17.9 Å². The van der Waals surface area contributed by atoms with Gasteiger partial charge in [0, 0.05) is 10.1 Å². The van der Waals surface area contributed by atoms with Crippen molar-refractivity contribution in [3.63, 3.8) is 0 Å². The second-order valence-electron chi connectivity index (χ2n) is 3.60. The Bertz CT molecular complexity index is 314. The van der Waals surface area contributed by atoms with E-state index in [1.807, 2.05) is 23.9 Å². The van der Waals surface area contributed by atoms with Crippen molar-refractivity contribution in [2.45, 2.75) is 36.8 Å². The molecule has 1 nitrogen and oxygen atoms in total. The molecule has 0 amide bonds. The second-order valence-corrected chi connectivity index (χ2v) is 5.46. The lowest BCUT2D eigenvalue weighted by atomic mass is 10.1. The molecule has 1 aromatic rings. The van der Waals surface area contributed by atoms with Crippen LogP contribution in [0.3, 0.4) is 0 Å². The van der Waals surface area contributed by atoms with Crippen LogP contribution < -0.4 is 5.73 Å².